The standard InChI is InChI=1S/C12H15NO3S/c1-16-10-4-2-9(3-5-10)13-12(11(14)15)6-7-17-8-12/h2-5,13H,6-8H2,1H3,(H,14,15). The molecular formula is C12H15NO3S. The lowest BCUT2D eigenvalue weighted by molar-refractivity contribution is -0.141. The van der Waals surface area contributed by atoms with Crippen LogP contribution in [0.4, 0.5) is 5.69 Å². The zero-order chi connectivity index (χ0) is 12.3. The average Bonchev–Trinajstić information content (AvgIpc) is 2.80. The minimum atomic E-state index is -0.820. The molecule has 2 N–H and O–H groups in total. The molecule has 4 nitrogen and oxygen atoms in total. The Balaban J connectivity index is 2.15. The molecule has 1 aromatic rings. The molecule has 0 spiro atoms. The van der Waals surface area contributed by atoms with Gasteiger partial charge in [-0.1, -0.05) is 0 Å². The first-order valence-corrected chi connectivity index (χ1v) is 6.55. The smallest absolute Gasteiger partial charge is 0.330 e. The molecular weight excluding hydrogens is 238 g/mol. The van der Waals surface area contributed by atoms with E-state index in [1.54, 1.807) is 18.9 Å². The number of methoxy groups -OCH3 is 1. The summed E-state index contributed by atoms with van der Waals surface area (Å²) in [7, 11) is 1.61. The number of anilines is 1. The summed E-state index contributed by atoms with van der Waals surface area (Å²) in [6.45, 7) is 0. The van der Waals surface area contributed by atoms with Crippen LogP contribution in [0, 0.1) is 0 Å². The van der Waals surface area contributed by atoms with E-state index in [1.165, 1.54) is 0 Å². The summed E-state index contributed by atoms with van der Waals surface area (Å²) < 4.78 is 5.06. The van der Waals surface area contributed by atoms with E-state index in [-0.39, 0.29) is 0 Å². The van der Waals surface area contributed by atoms with Crippen molar-refractivity contribution in [2.45, 2.75) is 12.0 Å². The zero-order valence-electron chi connectivity index (χ0n) is 9.60. The molecule has 1 aliphatic rings. The van der Waals surface area contributed by atoms with Crippen LogP contribution < -0.4 is 10.1 Å². The van der Waals surface area contributed by atoms with Crippen LogP contribution in [0.2, 0.25) is 0 Å². The highest BCUT2D eigenvalue weighted by Crippen LogP contribution is 2.32. The molecule has 0 saturated carbocycles. The molecule has 1 fully saturated rings. The van der Waals surface area contributed by atoms with Crippen molar-refractivity contribution in [3.8, 4) is 5.75 Å². The number of thioether (sulfide) groups is 1. The Morgan fingerprint density at radius 2 is 2.18 bits per heavy atom. The summed E-state index contributed by atoms with van der Waals surface area (Å²) in [4.78, 5) is 11.4. The van der Waals surface area contributed by atoms with Gasteiger partial charge in [0.2, 0.25) is 0 Å². The van der Waals surface area contributed by atoms with E-state index in [9.17, 15) is 9.90 Å². The van der Waals surface area contributed by atoms with Gasteiger partial charge in [-0.05, 0) is 36.4 Å². The summed E-state index contributed by atoms with van der Waals surface area (Å²) in [6.07, 6.45) is 0.652. The van der Waals surface area contributed by atoms with Gasteiger partial charge in [-0.25, -0.2) is 4.79 Å². The Morgan fingerprint density at radius 1 is 1.47 bits per heavy atom. The van der Waals surface area contributed by atoms with Crippen LogP contribution in [0.25, 0.3) is 0 Å². The Bertz CT molecular complexity index is 399. The van der Waals surface area contributed by atoms with Crippen molar-refractivity contribution in [3.63, 3.8) is 0 Å². The summed E-state index contributed by atoms with van der Waals surface area (Å²) in [5, 5.41) is 12.5. The van der Waals surface area contributed by atoms with Crippen molar-refractivity contribution in [1.29, 1.82) is 0 Å². The first kappa shape index (κ1) is 12.1. The number of aliphatic carboxylic acids is 1. The highest BCUT2D eigenvalue weighted by Gasteiger charge is 2.41. The lowest BCUT2D eigenvalue weighted by Crippen LogP contribution is -2.46. The number of hydrogen-bond acceptors (Lipinski definition) is 4. The van der Waals surface area contributed by atoms with Crippen LogP contribution in [-0.2, 0) is 4.79 Å². The molecule has 92 valence electrons. The maximum Gasteiger partial charge on any atom is 0.330 e. The van der Waals surface area contributed by atoms with Crippen LogP contribution >= 0.6 is 11.8 Å². The number of nitrogens with one attached hydrogen (secondary N) is 1. The molecule has 1 saturated heterocycles. The maximum atomic E-state index is 11.4. The SMILES string of the molecule is COc1ccc(NC2(C(=O)O)CCSC2)cc1. The Morgan fingerprint density at radius 3 is 2.65 bits per heavy atom. The molecule has 1 heterocycles. The van der Waals surface area contributed by atoms with Gasteiger partial charge >= 0.3 is 5.97 Å². The molecule has 1 atom stereocenters. The number of carbonyl (C=O) groups is 1. The quantitative estimate of drug-likeness (QED) is 0.860. The van der Waals surface area contributed by atoms with Crippen molar-refractivity contribution in [2.75, 3.05) is 23.9 Å². The fraction of sp³-hybridized carbons (Fsp3) is 0.417. The molecule has 1 aliphatic heterocycles. The van der Waals surface area contributed by atoms with E-state index in [1.807, 2.05) is 24.3 Å². The monoisotopic (exact) mass is 253 g/mol. The van der Waals surface area contributed by atoms with Gasteiger partial charge in [-0.2, -0.15) is 11.8 Å². The molecule has 0 bridgehead atoms. The van der Waals surface area contributed by atoms with Crippen LogP contribution in [-0.4, -0.2) is 35.2 Å². The zero-order valence-corrected chi connectivity index (χ0v) is 10.4. The third-order valence-corrected chi connectivity index (χ3v) is 4.09. The highest BCUT2D eigenvalue weighted by molar-refractivity contribution is 7.99. The number of benzene rings is 1. The molecule has 1 aromatic carbocycles. The van der Waals surface area contributed by atoms with Gasteiger partial charge in [0, 0.05) is 11.4 Å². The minimum Gasteiger partial charge on any atom is -0.497 e. The minimum absolute atomic E-state index is 0.606. The molecule has 2 rings (SSSR count). The topological polar surface area (TPSA) is 58.6 Å². The summed E-state index contributed by atoms with van der Waals surface area (Å²) in [5.74, 6) is 1.48. The van der Waals surface area contributed by atoms with Crippen molar-refractivity contribution in [3.05, 3.63) is 24.3 Å². The summed E-state index contributed by atoms with van der Waals surface area (Å²) >= 11 is 1.67. The van der Waals surface area contributed by atoms with Crippen LogP contribution in [0.5, 0.6) is 5.75 Å². The summed E-state index contributed by atoms with van der Waals surface area (Å²) in [5.41, 5.74) is -0.00472. The lowest BCUT2D eigenvalue weighted by atomic mass is 9.99. The fourth-order valence-electron chi connectivity index (χ4n) is 1.84. The van der Waals surface area contributed by atoms with Gasteiger partial charge in [0.05, 0.1) is 7.11 Å². The van der Waals surface area contributed by atoms with Crippen molar-refractivity contribution in [1.82, 2.24) is 0 Å². The second-order valence-corrected chi connectivity index (χ2v) is 5.15. The normalized spacial score (nSPS) is 23.4. The van der Waals surface area contributed by atoms with E-state index in [0.717, 1.165) is 17.2 Å². The predicted molar refractivity (Wildman–Crippen MR) is 68.9 cm³/mol. The molecule has 0 radical (unpaired) electrons. The average molecular weight is 253 g/mol. The fourth-order valence-corrected chi connectivity index (χ4v) is 3.16. The van der Waals surface area contributed by atoms with Gasteiger partial charge in [-0.15, -0.1) is 0 Å². The van der Waals surface area contributed by atoms with E-state index in [2.05, 4.69) is 5.32 Å². The summed E-state index contributed by atoms with van der Waals surface area (Å²) in [6, 6.07) is 7.32. The molecule has 0 amide bonds. The van der Waals surface area contributed by atoms with E-state index < -0.39 is 11.5 Å². The first-order chi connectivity index (χ1) is 8.16. The van der Waals surface area contributed by atoms with Crippen LogP contribution in [0.1, 0.15) is 6.42 Å². The second-order valence-electron chi connectivity index (χ2n) is 4.04. The number of carboxylic acids is 1. The van der Waals surface area contributed by atoms with Gasteiger partial charge < -0.3 is 15.2 Å². The predicted octanol–water partition coefficient (Wildman–Crippen LogP) is 2.07. The third-order valence-electron chi connectivity index (χ3n) is 2.90. The van der Waals surface area contributed by atoms with Gasteiger partial charge in [-0.3, -0.25) is 0 Å². The highest BCUT2D eigenvalue weighted by atomic mass is 32.2. The van der Waals surface area contributed by atoms with Crippen LogP contribution in [0.3, 0.4) is 0 Å². The molecule has 0 aromatic heterocycles. The number of ether oxygens (including phenoxy) is 1. The molecule has 1 unspecified atom stereocenters. The van der Waals surface area contributed by atoms with E-state index in [0.29, 0.717) is 12.2 Å². The van der Waals surface area contributed by atoms with Crippen molar-refractivity contribution < 1.29 is 14.6 Å². The van der Waals surface area contributed by atoms with Crippen LogP contribution in [0.15, 0.2) is 24.3 Å². The van der Waals surface area contributed by atoms with Crippen molar-refractivity contribution >= 4 is 23.4 Å². The molecule has 17 heavy (non-hydrogen) atoms. The van der Waals surface area contributed by atoms with E-state index >= 15 is 0 Å². The van der Waals surface area contributed by atoms with Crippen molar-refractivity contribution in [2.24, 2.45) is 0 Å². The Hall–Kier alpha value is -1.36. The number of hydrogen-bond donors (Lipinski definition) is 2. The Kier molecular flexibility index (Phi) is 3.47. The van der Waals surface area contributed by atoms with Gasteiger partial charge in [0.25, 0.3) is 0 Å². The Labute approximate surface area is 104 Å². The number of rotatable bonds is 4. The number of carboxylic acid groups (broad SMARTS) is 1. The first-order valence-electron chi connectivity index (χ1n) is 5.40. The molecule has 0 aliphatic carbocycles. The van der Waals surface area contributed by atoms with Gasteiger partial charge in [0.15, 0.2) is 0 Å². The van der Waals surface area contributed by atoms with E-state index in [4.69, 9.17) is 4.74 Å². The second kappa shape index (κ2) is 4.87. The largest absolute Gasteiger partial charge is 0.497 e. The maximum absolute atomic E-state index is 11.4. The third kappa shape index (κ3) is 2.49. The lowest BCUT2D eigenvalue weighted by Gasteiger charge is -2.25. The van der Waals surface area contributed by atoms with Gasteiger partial charge in [0.1, 0.15) is 11.3 Å². The molecule has 5 heteroatoms.